The summed E-state index contributed by atoms with van der Waals surface area (Å²) in [6.45, 7) is 0. The van der Waals surface area contributed by atoms with Crippen LogP contribution in [0.15, 0.2) is 0 Å². The van der Waals surface area contributed by atoms with Gasteiger partial charge in [0.15, 0.2) is 0 Å². The fourth-order valence-corrected chi connectivity index (χ4v) is 0. The SMILES string of the molecule is O.O.O.O.O.O.[Na+].[Na+].[W]. The molecule has 9 heteroatoms. The second-order valence-corrected chi connectivity index (χ2v) is 0. The van der Waals surface area contributed by atoms with E-state index in [4.69, 9.17) is 0 Å². The first kappa shape index (κ1) is 208. The van der Waals surface area contributed by atoms with Crippen molar-refractivity contribution in [2.24, 2.45) is 0 Å². The van der Waals surface area contributed by atoms with Crippen molar-refractivity contribution in [2.45, 2.75) is 0 Å². The fourth-order valence-electron chi connectivity index (χ4n) is 0. The van der Waals surface area contributed by atoms with Crippen LogP contribution < -0.4 is 59.1 Å². The minimum absolute atomic E-state index is 0. The van der Waals surface area contributed by atoms with Gasteiger partial charge >= 0.3 is 59.1 Å². The maximum atomic E-state index is 0. The van der Waals surface area contributed by atoms with E-state index in [0.29, 0.717) is 0 Å². The van der Waals surface area contributed by atoms with Crippen molar-refractivity contribution in [2.75, 3.05) is 0 Å². The molecule has 0 aromatic rings. The van der Waals surface area contributed by atoms with E-state index < -0.39 is 0 Å². The van der Waals surface area contributed by atoms with E-state index in [9.17, 15) is 0 Å². The Hall–Kier alpha value is 2.45. The molecule has 0 aliphatic rings. The molecule has 0 amide bonds. The van der Waals surface area contributed by atoms with E-state index in [2.05, 4.69) is 0 Å². The maximum Gasteiger partial charge on any atom is 1.00 e. The van der Waals surface area contributed by atoms with Crippen LogP contribution >= 0.6 is 0 Å². The Kier molecular flexibility index (Phi) is 3600. The second kappa shape index (κ2) is 156. The van der Waals surface area contributed by atoms with Gasteiger partial charge in [-0.25, -0.2) is 0 Å². The first-order valence-corrected chi connectivity index (χ1v) is 0. The van der Waals surface area contributed by atoms with Gasteiger partial charge in [0, 0.05) is 21.1 Å². The van der Waals surface area contributed by atoms with Gasteiger partial charge < -0.3 is 32.9 Å². The smallest absolute Gasteiger partial charge is 0.412 e. The first-order chi connectivity index (χ1) is 0. The second-order valence-electron chi connectivity index (χ2n) is 0. The minimum atomic E-state index is 0. The summed E-state index contributed by atoms with van der Waals surface area (Å²) in [5.41, 5.74) is 0. The molecule has 0 rings (SSSR count). The summed E-state index contributed by atoms with van der Waals surface area (Å²) in [7, 11) is 0. The standard InChI is InChI=1S/2Na.6H2O.W/h;;6*1H2;/q2*+1;;;;;;;. The predicted molar refractivity (Wildman–Crippen MR) is 21.7 cm³/mol. The van der Waals surface area contributed by atoms with E-state index in [-0.39, 0.29) is 113 Å². The van der Waals surface area contributed by atoms with Gasteiger partial charge in [-0.15, -0.1) is 0 Å². The van der Waals surface area contributed by atoms with Crippen molar-refractivity contribution in [1.29, 1.82) is 0 Å². The van der Waals surface area contributed by atoms with Gasteiger partial charge in [0.25, 0.3) is 0 Å². The molecule has 0 spiro atoms. The van der Waals surface area contributed by atoms with E-state index >= 15 is 0 Å². The Morgan fingerprint density at radius 2 is 0.333 bits per heavy atom. The zero-order valence-electron chi connectivity index (χ0n) is 5.41. The molecule has 0 saturated heterocycles. The molecule has 0 aromatic carbocycles. The summed E-state index contributed by atoms with van der Waals surface area (Å²) >= 11 is 0. The molecular formula is H12Na2O6W+2. The van der Waals surface area contributed by atoms with E-state index in [0.717, 1.165) is 0 Å². The zero-order valence-corrected chi connectivity index (χ0v) is 12.3. The van der Waals surface area contributed by atoms with Crippen molar-refractivity contribution in [3.63, 3.8) is 0 Å². The van der Waals surface area contributed by atoms with Crippen LogP contribution in [0.1, 0.15) is 0 Å². The largest absolute Gasteiger partial charge is 1.00 e. The molecule has 0 fully saturated rings. The van der Waals surface area contributed by atoms with Gasteiger partial charge in [0.1, 0.15) is 0 Å². The summed E-state index contributed by atoms with van der Waals surface area (Å²) < 4.78 is 0. The van der Waals surface area contributed by atoms with Crippen LogP contribution in [0.5, 0.6) is 0 Å². The molecule has 12 N–H and O–H groups in total. The van der Waals surface area contributed by atoms with Crippen molar-refractivity contribution < 1.29 is 113 Å². The molecule has 0 aromatic heterocycles. The van der Waals surface area contributed by atoms with Crippen LogP contribution in [0.4, 0.5) is 0 Å². The Morgan fingerprint density at radius 3 is 0.333 bits per heavy atom. The van der Waals surface area contributed by atoms with Crippen molar-refractivity contribution in [1.82, 2.24) is 0 Å². The van der Waals surface area contributed by atoms with Crippen LogP contribution in [-0.4, -0.2) is 32.9 Å². The van der Waals surface area contributed by atoms with E-state index in [1.165, 1.54) is 0 Å². The molecule has 0 radical (unpaired) electrons. The molecule has 0 aliphatic carbocycles. The van der Waals surface area contributed by atoms with Gasteiger partial charge in [-0.05, 0) is 0 Å². The topological polar surface area (TPSA) is 189 Å². The van der Waals surface area contributed by atoms with Gasteiger partial charge in [0.05, 0.1) is 0 Å². The quantitative estimate of drug-likeness (QED) is 0.379. The minimum Gasteiger partial charge on any atom is -0.412 e. The van der Waals surface area contributed by atoms with Crippen molar-refractivity contribution in [3.05, 3.63) is 0 Å². The fraction of sp³-hybridized carbons (Fsp3) is 0. The zero-order chi connectivity index (χ0) is 0. The number of rotatable bonds is 0. The summed E-state index contributed by atoms with van der Waals surface area (Å²) in [5, 5.41) is 0. The monoisotopic (exact) mass is 338 g/mol. The van der Waals surface area contributed by atoms with E-state index in [1.54, 1.807) is 0 Å². The number of hydrogen-bond donors (Lipinski definition) is 0. The van der Waals surface area contributed by atoms with Crippen LogP contribution in [0, 0.1) is 0 Å². The third kappa shape index (κ3) is 124. The summed E-state index contributed by atoms with van der Waals surface area (Å²) in [4.78, 5) is 0. The van der Waals surface area contributed by atoms with Crippen LogP contribution in [0.25, 0.3) is 0 Å². The third-order valence-electron chi connectivity index (χ3n) is 0. The molecule has 0 bridgehead atoms. The molecular weight excluding hydrogens is 326 g/mol. The van der Waals surface area contributed by atoms with Crippen LogP contribution in [0.2, 0.25) is 0 Å². The van der Waals surface area contributed by atoms with Crippen LogP contribution in [-0.2, 0) is 21.1 Å². The average molecular weight is 338 g/mol. The molecule has 0 aliphatic heterocycles. The Balaban J connectivity index is 0. The molecule has 0 unspecified atom stereocenters. The predicted octanol–water partition coefficient (Wildman–Crippen LogP) is -10.9. The Morgan fingerprint density at radius 1 is 0.333 bits per heavy atom. The van der Waals surface area contributed by atoms with Crippen molar-refractivity contribution in [3.8, 4) is 0 Å². The average Bonchev–Trinajstić information content (AvgIpc) is 0. The van der Waals surface area contributed by atoms with Crippen LogP contribution in [0.3, 0.4) is 0 Å². The first-order valence-electron chi connectivity index (χ1n) is 0. The van der Waals surface area contributed by atoms with Gasteiger partial charge in [-0.2, -0.15) is 0 Å². The van der Waals surface area contributed by atoms with Crippen molar-refractivity contribution >= 4 is 0 Å². The summed E-state index contributed by atoms with van der Waals surface area (Å²) in [5.74, 6) is 0. The number of hydrogen-bond acceptors (Lipinski definition) is 0. The maximum absolute atomic E-state index is 0. The summed E-state index contributed by atoms with van der Waals surface area (Å²) in [6, 6.07) is 0. The van der Waals surface area contributed by atoms with Gasteiger partial charge in [-0.1, -0.05) is 0 Å². The normalized spacial score (nSPS) is 0. The molecule has 0 saturated carbocycles. The molecule has 6 nitrogen and oxygen atoms in total. The third-order valence-corrected chi connectivity index (χ3v) is 0. The van der Waals surface area contributed by atoms with Gasteiger partial charge in [-0.3, -0.25) is 0 Å². The Labute approximate surface area is 111 Å². The Bertz CT molecular complexity index is 11.0. The molecule has 54 valence electrons. The molecule has 0 heterocycles. The van der Waals surface area contributed by atoms with Gasteiger partial charge in [0.2, 0.25) is 0 Å². The molecule has 9 heavy (non-hydrogen) atoms. The van der Waals surface area contributed by atoms with E-state index in [1.807, 2.05) is 0 Å². The molecule has 0 atom stereocenters. The summed E-state index contributed by atoms with van der Waals surface area (Å²) in [6.07, 6.45) is 0.